The average Bonchev–Trinajstić information content (AvgIpc) is 2.75. The Morgan fingerprint density at radius 1 is 1.38 bits per heavy atom. The molecule has 0 aromatic rings. The quantitative estimate of drug-likeness (QED) is 0.521. The molecule has 0 aromatic carbocycles. The van der Waals surface area contributed by atoms with Gasteiger partial charge in [0.25, 0.3) is 0 Å². The highest BCUT2D eigenvalue weighted by Crippen LogP contribution is 2.63. The second kappa shape index (κ2) is 3.77. The Balaban J connectivity index is 2.33. The predicted octanol–water partition coefficient (Wildman–Crippen LogP) is -0.463. The Hall–Kier alpha value is -2.07. The molecule has 21 heavy (non-hydrogen) atoms. The van der Waals surface area contributed by atoms with Gasteiger partial charge in [0.05, 0.1) is 5.57 Å². The van der Waals surface area contributed by atoms with Gasteiger partial charge in [-0.2, -0.15) is 5.26 Å². The minimum atomic E-state index is -1.71. The van der Waals surface area contributed by atoms with E-state index in [1.165, 1.54) is 7.05 Å². The lowest BCUT2D eigenvalue weighted by molar-refractivity contribution is -0.158. The summed E-state index contributed by atoms with van der Waals surface area (Å²) in [7, 11) is 1.45. The van der Waals surface area contributed by atoms with Crippen molar-refractivity contribution < 1.29 is 14.7 Å². The van der Waals surface area contributed by atoms with E-state index < -0.39 is 28.4 Å². The molecule has 2 amide bonds. The lowest BCUT2D eigenvalue weighted by atomic mass is 9.54. The monoisotopic (exact) mass is 290 g/mol. The molecule has 4 N–H and O–H groups in total. The van der Waals surface area contributed by atoms with Gasteiger partial charge in [-0.25, -0.2) is 0 Å². The van der Waals surface area contributed by atoms with E-state index in [4.69, 9.17) is 5.73 Å². The number of hydrogen-bond acceptors (Lipinski definition) is 5. The zero-order chi connectivity index (χ0) is 15.6. The number of hydrogen-bond donors (Lipinski definition) is 3. The third-order valence-corrected chi connectivity index (χ3v) is 5.60. The summed E-state index contributed by atoms with van der Waals surface area (Å²) in [5, 5.41) is 22.9. The van der Waals surface area contributed by atoms with Crippen LogP contribution in [0.5, 0.6) is 0 Å². The van der Waals surface area contributed by atoms with Gasteiger partial charge in [-0.3, -0.25) is 14.5 Å². The second-order valence-corrected chi connectivity index (χ2v) is 6.34. The number of nitriles is 1. The van der Waals surface area contributed by atoms with Crippen molar-refractivity contribution in [2.45, 2.75) is 38.3 Å². The van der Waals surface area contributed by atoms with Crippen LogP contribution in [0.25, 0.3) is 0 Å². The maximum Gasteiger partial charge on any atom is 0.249 e. The highest BCUT2D eigenvalue weighted by molar-refractivity contribution is 6.14. The molecule has 0 radical (unpaired) electrons. The molecular weight excluding hydrogens is 272 g/mol. The number of nitrogens with one attached hydrogen (secondary N) is 1. The second-order valence-electron chi connectivity index (χ2n) is 6.34. The third kappa shape index (κ3) is 1.19. The fourth-order valence-electron chi connectivity index (χ4n) is 4.26. The molecule has 3 rings (SSSR count). The average molecular weight is 290 g/mol. The van der Waals surface area contributed by atoms with E-state index in [1.807, 2.05) is 6.07 Å². The molecule has 2 heterocycles. The predicted molar refractivity (Wildman–Crippen MR) is 71.7 cm³/mol. The number of amides is 2. The summed E-state index contributed by atoms with van der Waals surface area (Å²) in [6.45, 7) is 1.70. The molecule has 2 aliphatic heterocycles. The summed E-state index contributed by atoms with van der Waals surface area (Å²) in [4.78, 5) is 26.6. The summed E-state index contributed by atoms with van der Waals surface area (Å²) < 4.78 is 0. The first-order chi connectivity index (χ1) is 9.76. The van der Waals surface area contributed by atoms with Crippen LogP contribution in [0.15, 0.2) is 11.4 Å². The number of fused-ring (bicyclic) bond motifs is 2. The fraction of sp³-hybridized carbons (Fsp3) is 0.643. The molecule has 2 fully saturated rings. The van der Waals surface area contributed by atoms with E-state index in [1.54, 1.807) is 6.92 Å². The lowest BCUT2D eigenvalue weighted by Gasteiger charge is -2.47. The van der Waals surface area contributed by atoms with Gasteiger partial charge >= 0.3 is 0 Å². The first kappa shape index (κ1) is 13.9. The van der Waals surface area contributed by atoms with Crippen LogP contribution in [0.3, 0.4) is 0 Å². The number of carbonyl (C=O) groups is 2. The van der Waals surface area contributed by atoms with E-state index >= 15 is 0 Å². The SMILES string of the molecule is CN1C(=O)C2(C(=O)NC3(O)CCCCC32C)C(C#N)=C1N. The van der Waals surface area contributed by atoms with Crippen LogP contribution in [0.4, 0.5) is 0 Å². The molecule has 0 aromatic heterocycles. The van der Waals surface area contributed by atoms with Gasteiger partial charge in [-0.05, 0) is 19.3 Å². The standard InChI is InChI=1S/C14H18N4O3/c1-12-5-3-4-6-13(12,21)17-10(19)14(12)8(7-15)9(16)18(2)11(14)20/h21H,3-6,16H2,1-2H3,(H,17,19). The molecule has 7 heteroatoms. The molecule has 1 aliphatic carbocycles. The molecule has 112 valence electrons. The highest BCUT2D eigenvalue weighted by Gasteiger charge is 2.77. The van der Waals surface area contributed by atoms with Crippen molar-refractivity contribution in [2.75, 3.05) is 7.05 Å². The lowest BCUT2D eigenvalue weighted by Crippen LogP contribution is -2.58. The number of nitrogens with zero attached hydrogens (tertiary/aromatic N) is 2. The van der Waals surface area contributed by atoms with E-state index in [0.717, 1.165) is 17.7 Å². The van der Waals surface area contributed by atoms with Gasteiger partial charge in [-0.15, -0.1) is 0 Å². The highest BCUT2D eigenvalue weighted by atomic mass is 16.3. The van der Waals surface area contributed by atoms with Gasteiger partial charge in [-0.1, -0.05) is 13.3 Å². The third-order valence-electron chi connectivity index (χ3n) is 5.60. The molecule has 1 spiro atoms. The van der Waals surface area contributed by atoms with Crippen molar-refractivity contribution >= 4 is 11.8 Å². The van der Waals surface area contributed by atoms with Gasteiger partial charge in [0.15, 0.2) is 5.41 Å². The Bertz CT molecular complexity index is 637. The Morgan fingerprint density at radius 3 is 2.62 bits per heavy atom. The van der Waals surface area contributed by atoms with Crippen molar-refractivity contribution in [1.82, 2.24) is 10.2 Å². The first-order valence-electron chi connectivity index (χ1n) is 7.00. The molecule has 3 atom stereocenters. The van der Waals surface area contributed by atoms with Crippen LogP contribution in [-0.4, -0.2) is 34.6 Å². The van der Waals surface area contributed by atoms with Crippen molar-refractivity contribution in [3.63, 3.8) is 0 Å². The van der Waals surface area contributed by atoms with Crippen LogP contribution >= 0.6 is 0 Å². The van der Waals surface area contributed by atoms with Crippen molar-refractivity contribution in [3.05, 3.63) is 11.4 Å². The molecule has 3 unspecified atom stereocenters. The summed E-state index contributed by atoms with van der Waals surface area (Å²) in [6, 6.07) is 1.93. The number of rotatable bonds is 0. The van der Waals surface area contributed by atoms with Crippen LogP contribution in [-0.2, 0) is 9.59 Å². The Labute approximate surface area is 122 Å². The van der Waals surface area contributed by atoms with Crippen LogP contribution in [0, 0.1) is 22.2 Å². The van der Waals surface area contributed by atoms with Crippen LogP contribution in [0.2, 0.25) is 0 Å². The summed E-state index contributed by atoms with van der Waals surface area (Å²) in [5.41, 5.74) is 1.55. The molecule has 1 saturated carbocycles. The van der Waals surface area contributed by atoms with Crippen LogP contribution in [0.1, 0.15) is 32.6 Å². The van der Waals surface area contributed by atoms with Gasteiger partial charge in [0, 0.05) is 12.5 Å². The van der Waals surface area contributed by atoms with Gasteiger partial charge in [0.1, 0.15) is 17.6 Å². The van der Waals surface area contributed by atoms with Crippen LogP contribution < -0.4 is 11.1 Å². The van der Waals surface area contributed by atoms with Gasteiger partial charge < -0.3 is 16.2 Å². The van der Waals surface area contributed by atoms with Crippen molar-refractivity contribution in [2.24, 2.45) is 16.6 Å². The van der Waals surface area contributed by atoms with Gasteiger partial charge in [0.2, 0.25) is 11.8 Å². The van der Waals surface area contributed by atoms with Crippen molar-refractivity contribution in [1.29, 1.82) is 5.26 Å². The molecule has 0 bridgehead atoms. The minimum Gasteiger partial charge on any atom is -0.384 e. The van der Waals surface area contributed by atoms with Crippen molar-refractivity contribution in [3.8, 4) is 6.07 Å². The molecule has 7 nitrogen and oxygen atoms in total. The fourth-order valence-corrected chi connectivity index (χ4v) is 4.26. The Kier molecular flexibility index (Phi) is 2.49. The summed E-state index contributed by atoms with van der Waals surface area (Å²) in [5.74, 6) is -1.16. The summed E-state index contributed by atoms with van der Waals surface area (Å²) >= 11 is 0. The first-order valence-corrected chi connectivity index (χ1v) is 7.00. The van der Waals surface area contributed by atoms with E-state index in [-0.39, 0.29) is 11.4 Å². The Morgan fingerprint density at radius 2 is 2.00 bits per heavy atom. The number of nitrogens with two attached hydrogens (primary N) is 1. The smallest absolute Gasteiger partial charge is 0.249 e. The maximum atomic E-state index is 12.8. The van der Waals surface area contributed by atoms with E-state index in [0.29, 0.717) is 12.8 Å². The maximum absolute atomic E-state index is 12.8. The molecule has 1 saturated heterocycles. The van der Waals surface area contributed by atoms with E-state index in [2.05, 4.69) is 5.32 Å². The number of carbonyl (C=O) groups excluding carboxylic acids is 2. The topological polar surface area (TPSA) is 119 Å². The zero-order valence-electron chi connectivity index (χ0n) is 12.1. The summed E-state index contributed by atoms with van der Waals surface area (Å²) in [6.07, 6.45) is 2.38. The van der Waals surface area contributed by atoms with E-state index in [9.17, 15) is 20.0 Å². The minimum absolute atomic E-state index is 0.00583. The normalized spacial score (nSPS) is 42.3. The largest absolute Gasteiger partial charge is 0.384 e. The molecule has 3 aliphatic rings. The zero-order valence-corrected chi connectivity index (χ0v) is 12.1. The number of aliphatic hydroxyl groups is 1. The molecular formula is C14H18N4O3.